The molecule has 24 heavy (non-hydrogen) atoms. The number of amides is 2. The van der Waals surface area contributed by atoms with Gasteiger partial charge in [0.2, 0.25) is 5.91 Å². The highest BCUT2D eigenvalue weighted by Gasteiger charge is 2.23. The zero-order chi connectivity index (χ0) is 17.5. The van der Waals surface area contributed by atoms with Gasteiger partial charge >= 0.3 is 0 Å². The molecule has 0 heterocycles. The van der Waals surface area contributed by atoms with Crippen LogP contribution >= 0.6 is 0 Å². The topological polar surface area (TPSA) is 52.6 Å². The van der Waals surface area contributed by atoms with Gasteiger partial charge in [0.05, 0.1) is 0 Å². The molecule has 0 aromatic heterocycles. The highest BCUT2D eigenvalue weighted by molar-refractivity contribution is 5.97. The van der Waals surface area contributed by atoms with Crippen molar-refractivity contribution in [2.45, 2.75) is 32.6 Å². The van der Waals surface area contributed by atoms with Gasteiger partial charge in [-0.1, -0.05) is 18.9 Å². The third-order valence-electron chi connectivity index (χ3n) is 4.59. The van der Waals surface area contributed by atoms with Crippen LogP contribution in [0.4, 0.5) is 5.69 Å². The van der Waals surface area contributed by atoms with Gasteiger partial charge in [0.25, 0.3) is 5.91 Å². The Kier molecular flexibility index (Phi) is 6.79. The molecule has 0 bridgehead atoms. The summed E-state index contributed by atoms with van der Waals surface area (Å²) >= 11 is 0. The first-order valence-corrected chi connectivity index (χ1v) is 8.86. The highest BCUT2D eigenvalue weighted by Crippen LogP contribution is 2.26. The van der Waals surface area contributed by atoms with Gasteiger partial charge < -0.3 is 15.1 Å². The maximum absolute atomic E-state index is 12.7. The van der Waals surface area contributed by atoms with Crippen LogP contribution < -0.4 is 5.32 Å². The molecule has 0 spiro atoms. The molecule has 1 aliphatic carbocycles. The second-order valence-corrected chi connectivity index (χ2v) is 6.74. The molecule has 132 valence electrons. The maximum Gasteiger partial charge on any atom is 0.253 e. The molecule has 1 fully saturated rings. The molecular formula is C19H29N3O2. The molecule has 1 aliphatic rings. The Morgan fingerprint density at radius 1 is 1.17 bits per heavy atom. The quantitative estimate of drug-likeness (QED) is 0.836. The summed E-state index contributed by atoms with van der Waals surface area (Å²) in [6.45, 7) is 4.18. The SMILES string of the molecule is CCN(CCN(C)C)C(=O)c1cccc(NC(=O)C2CCCC2)c1. The fraction of sp³-hybridized carbons (Fsp3) is 0.579. The Balaban J connectivity index is 2.02. The molecule has 0 unspecified atom stereocenters. The molecule has 5 nitrogen and oxygen atoms in total. The van der Waals surface area contributed by atoms with Crippen LogP contribution in [-0.2, 0) is 4.79 Å². The van der Waals surface area contributed by atoms with Crippen LogP contribution in [0, 0.1) is 5.92 Å². The lowest BCUT2D eigenvalue weighted by Crippen LogP contribution is -2.36. The van der Waals surface area contributed by atoms with Crippen molar-refractivity contribution in [2.24, 2.45) is 5.92 Å². The predicted octanol–water partition coefficient (Wildman–Crippen LogP) is 2.84. The third kappa shape index (κ3) is 5.06. The average molecular weight is 331 g/mol. The van der Waals surface area contributed by atoms with Crippen molar-refractivity contribution in [1.82, 2.24) is 9.80 Å². The number of nitrogens with one attached hydrogen (secondary N) is 1. The van der Waals surface area contributed by atoms with Crippen molar-refractivity contribution in [3.05, 3.63) is 29.8 Å². The molecule has 1 N–H and O–H groups in total. The van der Waals surface area contributed by atoms with Crippen LogP contribution in [0.2, 0.25) is 0 Å². The molecule has 1 aromatic carbocycles. The smallest absolute Gasteiger partial charge is 0.253 e. The number of rotatable bonds is 7. The van der Waals surface area contributed by atoms with Crippen molar-refractivity contribution >= 4 is 17.5 Å². The van der Waals surface area contributed by atoms with Crippen LogP contribution in [0.15, 0.2) is 24.3 Å². The molecule has 2 amide bonds. The lowest BCUT2D eigenvalue weighted by molar-refractivity contribution is -0.119. The number of hydrogen-bond acceptors (Lipinski definition) is 3. The van der Waals surface area contributed by atoms with E-state index in [1.165, 1.54) is 0 Å². The van der Waals surface area contributed by atoms with E-state index < -0.39 is 0 Å². The van der Waals surface area contributed by atoms with E-state index >= 15 is 0 Å². The zero-order valence-electron chi connectivity index (χ0n) is 15.0. The molecular weight excluding hydrogens is 302 g/mol. The summed E-state index contributed by atoms with van der Waals surface area (Å²) in [6, 6.07) is 7.27. The van der Waals surface area contributed by atoms with Gasteiger partial charge in [0.15, 0.2) is 0 Å². The zero-order valence-corrected chi connectivity index (χ0v) is 15.0. The van der Waals surface area contributed by atoms with E-state index in [9.17, 15) is 9.59 Å². The minimum absolute atomic E-state index is 0.0105. The number of likely N-dealkylation sites (N-methyl/N-ethyl adjacent to an activating group) is 2. The van der Waals surface area contributed by atoms with Crippen molar-refractivity contribution in [2.75, 3.05) is 39.0 Å². The molecule has 5 heteroatoms. The van der Waals surface area contributed by atoms with Gasteiger partial charge in [0.1, 0.15) is 0 Å². The number of carbonyl (C=O) groups excluding carboxylic acids is 2. The van der Waals surface area contributed by atoms with Gasteiger partial charge in [-0.2, -0.15) is 0 Å². The monoisotopic (exact) mass is 331 g/mol. The number of nitrogens with zero attached hydrogens (tertiary/aromatic N) is 2. The van der Waals surface area contributed by atoms with Crippen LogP contribution in [0.3, 0.4) is 0 Å². The van der Waals surface area contributed by atoms with Crippen LogP contribution in [0.5, 0.6) is 0 Å². The Labute approximate surface area is 145 Å². The molecule has 2 rings (SSSR count). The summed E-state index contributed by atoms with van der Waals surface area (Å²) in [5, 5.41) is 2.97. The van der Waals surface area contributed by atoms with E-state index in [0.29, 0.717) is 24.3 Å². The first-order valence-electron chi connectivity index (χ1n) is 8.86. The van der Waals surface area contributed by atoms with E-state index in [2.05, 4.69) is 10.2 Å². The lowest BCUT2D eigenvalue weighted by atomic mass is 10.1. The van der Waals surface area contributed by atoms with E-state index in [-0.39, 0.29) is 17.7 Å². The van der Waals surface area contributed by atoms with Crippen molar-refractivity contribution in [1.29, 1.82) is 0 Å². The summed E-state index contributed by atoms with van der Waals surface area (Å²) in [6.07, 6.45) is 4.21. The molecule has 1 aromatic rings. The minimum Gasteiger partial charge on any atom is -0.338 e. The summed E-state index contributed by atoms with van der Waals surface area (Å²) in [5.41, 5.74) is 1.33. The Hall–Kier alpha value is -1.88. The fourth-order valence-corrected chi connectivity index (χ4v) is 3.07. The Morgan fingerprint density at radius 3 is 2.50 bits per heavy atom. The van der Waals surface area contributed by atoms with Gasteiger partial charge in [-0.05, 0) is 52.1 Å². The standard InChI is InChI=1S/C19H29N3O2/c1-4-22(13-12-21(2)3)19(24)16-10-7-11-17(14-16)20-18(23)15-8-5-6-9-15/h7,10-11,14-15H,4-6,8-9,12-13H2,1-3H3,(H,20,23). The van der Waals surface area contributed by atoms with Crippen molar-refractivity contribution < 1.29 is 9.59 Å². The van der Waals surface area contributed by atoms with E-state index in [4.69, 9.17) is 0 Å². The van der Waals surface area contributed by atoms with Crippen LogP contribution in [-0.4, -0.2) is 55.3 Å². The van der Waals surface area contributed by atoms with E-state index in [1.807, 2.05) is 44.1 Å². The lowest BCUT2D eigenvalue weighted by Gasteiger charge is -2.23. The van der Waals surface area contributed by atoms with Crippen LogP contribution in [0.25, 0.3) is 0 Å². The summed E-state index contributed by atoms with van der Waals surface area (Å²) in [5.74, 6) is 0.213. The molecule has 1 saturated carbocycles. The van der Waals surface area contributed by atoms with Gasteiger partial charge in [-0.25, -0.2) is 0 Å². The van der Waals surface area contributed by atoms with Crippen LogP contribution in [0.1, 0.15) is 43.0 Å². The molecule has 0 saturated heterocycles. The summed E-state index contributed by atoms with van der Waals surface area (Å²) in [4.78, 5) is 28.8. The normalized spacial score (nSPS) is 14.8. The molecule has 0 radical (unpaired) electrons. The van der Waals surface area contributed by atoms with Gasteiger partial charge in [0, 0.05) is 36.8 Å². The first-order chi connectivity index (χ1) is 11.5. The third-order valence-corrected chi connectivity index (χ3v) is 4.59. The molecule has 0 atom stereocenters. The van der Waals surface area contributed by atoms with Crippen molar-refractivity contribution in [3.63, 3.8) is 0 Å². The Morgan fingerprint density at radius 2 is 1.88 bits per heavy atom. The number of benzene rings is 1. The summed E-state index contributed by atoms with van der Waals surface area (Å²) < 4.78 is 0. The second-order valence-electron chi connectivity index (χ2n) is 6.74. The van der Waals surface area contributed by atoms with Gasteiger partial charge in [-0.15, -0.1) is 0 Å². The fourth-order valence-electron chi connectivity index (χ4n) is 3.07. The predicted molar refractivity (Wildman–Crippen MR) is 97.2 cm³/mol. The van der Waals surface area contributed by atoms with Gasteiger partial charge in [-0.3, -0.25) is 9.59 Å². The largest absolute Gasteiger partial charge is 0.338 e. The minimum atomic E-state index is 0.0105. The Bertz CT molecular complexity index is 565. The van der Waals surface area contributed by atoms with E-state index in [0.717, 1.165) is 32.2 Å². The van der Waals surface area contributed by atoms with Crippen molar-refractivity contribution in [3.8, 4) is 0 Å². The maximum atomic E-state index is 12.7. The number of anilines is 1. The summed E-state index contributed by atoms with van der Waals surface area (Å²) in [7, 11) is 4.00. The average Bonchev–Trinajstić information content (AvgIpc) is 3.10. The number of hydrogen-bond donors (Lipinski definition) is 1. The van der Waals surface area contributed by atoms with E-state index in [1.54, 1.807) is 6.07 Å². The molecule has 0 aliphatic heterocycles. The first kappa shape index (κ1) is 18.5. The second kappa shape index (κ2) is 8.83. The highest BCUT2D eigenvalue weighted by atomic mass is 16.2. The number of carbonyl (C=O) groups is 2.